The van der Waals surface area contributed by atoms with Crippen molar-refractivity contribution in [2.45, 2.75) is 43.9 Å². The fourth-order valence-electron chi connectivity index (χ4n) is 2.60. The van der Waals surface area contributed by atoms with Crippen LogP contribution in [0.2, 0.25) is 0 Å². The molecule has 0 radical (unpaired) electrons. The first kappa shape index (κ1) is 26.4. The Balaban J connectivity index is 2.87. The van der Waals surface area contributed by atoms with Gasteiger partial charge in [0, 0.05) is 6.42 Å². The molecule has 0 aliphatic rings. The molecule has 1 rings (SSSR count). The summed E-state index contributed by atoms with van der Waals surface area (Å²) < 4.78 is 0. The first-order valence-corrected chi connectivity index (χ1v) is 11.1. The minimum Gasteiger partial charge on any atom is -0.480 e. The van der Waals surface area contributed by atoms with Gasteiger partial charge in [0.15, 0.2) is 0 Å². The minimum atomic E-state index is -1.29. The van der Waals surface area contributed by atoms with Gasteiger partial charge in [-0.3, -0.25) is 14.4 Å². The van der Waals surface area contributed by atoms with Crippen LogP contribution >= 0.6 is 11.8 Å². The molecular formula is C20H30N4O6S. The summed E-state index contributed by atoms with van der Waals surface area (Å²) in [6.07, 6.45) is 2.14. The largest absolute Gasteiger partial charge is 0.480 e. The van der Waals surface area contributed by atoms with E-state index in [1.54, 1.807) is 30.3 Å². The number of carbonyl (C=O) groups excluding carboxylic acids is 3. The number of carboxylic acids is 1. The summed E-state index contributed by atoms with van der Waals surface area (Å²) >= 11 is 1.45. The van der Waals surface area contributed by atoms with Crippen LogP contribution in [0.1, 0.15) is 18.9 Å². The molecule has 0 aliphatic heterocycles. The third-order valence-corrected chi connectivity index (χ3v) is 5.01. The molecule has 0 aromatic heterocycles. The van der Waals surface area contributed by atoms with Crippen LogP contribution in [0.5, 0.6) is 0 Å². The molecule has 7 N–H and O–H groups in total. The Hall–Kier alpha value is -2.63. The van der Waals surface area contributed by atoms with Gasteiger partial charge in [-0.15, -0.1) is 0 Å². The van der Waals surface area contributed by atoms with E-state index in [0.717, 1.165) is 5.56 Å². The number of amides is 3. The maximum absolute atomic E-state index is 12.8. The lowest BCUT2D eigenvalue weighted by Crippen LogP contribution is -2.58. The number of aliphatic hydroxyl groups is 1. The molecule has 0 spiro atoms. The summed E-state index contributed by atoms with van der Waals surface area (Å²) in [7, 11) is 0. The zero-order chi connectivity index (χ0) is 23.4. The third kappa shape index (κ3) is 9.37. The Kier molecular flexibility index (Phi) is 11.6. The molecule has 0 fully saturated rings. The Morgan fingerprint density at radius 1 is 0.968 bits per heavy atom. The number of benzene rings is 1. The van der Waals surface area contributed by atoms with Crippen molar-refractivity contribution in [1.82, 2.24) is 16.0 Å². The van der Waals surface area contributed by atoms with Gasteiger partial charge in [-0.05, 0) is 30.9 Å². The van der Waals surface area contributed by atoms with Crippen LogP contribution in [0.25, 0.3) is 0 Å². The van der Waals surface area contributed by atoms with Crippen molar-refractivity contribution in [3.8, 4) is 0 Å². The molecule has 0 heterocycles. The summed E-state index contributed by atoms with van der Waals surface area (Å²) in [5, 5.41) is 26.2. The standard InChI is InChI=1S/C20H30N4O6S/c1-12(21)17(26)24-16(11-25)19(28)22-14(8-9-31-2)18(27)23-15(20(29)30)10-13-6-4-3-5-7-13/h3-7,12,14-16,25H,8-11,21H2,1-2H3,(H,22,28)(H,23,27)(H,24,26)(H,29,30). The number of carbonyl (C=O) groups is 4. The van der Waals surface area contributed by atoms with Crippen molar-refractivity contribution < 1.29 is 29.4 Å². The van der Waals surface area contributed by atoms with Gasteiger partial charge in [0.25, 0.3) is 0 Å². The molecule has 1 aromatic carbocycles. The lowest BCUT2D eigenvalue weighted by Gasteiger charge is -2.24. The van der Waals surface area contributed by atoms with Gasteiger partial charge in [0.1, 0.15) is 18.1 Å². The van der Waals surface area contributed by atoms with Crippen LogP contribution in [0.15, 0.2) is 30.3 Å². The number of hydrogen-bond acceptors (Lipinski definition) is 7. The lowest BCUT2D eigenvalue weighted by molar-refractivity contribution is -0.142. The SMILES string of the molecule is CSCCC(NC(=O)C(CO)NC(=O)C(C)N)C(=O)NC(Cc1ccccc1)C(=O)O. The van der Waals surface area contributed by atoms with Crippen LogP contribution in [0, 0.1) is 0 Å². The minimum absolute atomic E-state index is 0.0782. The van der Waals surface area contributed by atoms with Gasteiger partial charge >= 0.3 is 5.97 Å². The second-order valence-electron chi connectivity index (χ2n) is 6.96. The van der Waals surface area contributed by atoms with E-state index in [1.807, 2.05) is 6.26 Å². The molecular weight excluding hydrogens is 424 g/mol. The predicted molar refractivity (Wildman–Crippen MR) is 117 cm³/mol. The number of carboxylic acid groups (broad SMARTS) is 1. The fraction of sp³-hybridized carbons (Fsp3) is 0.500. The maximum atomic E-state index is 12.8. The van der Waals surface area contributed by atoms with E-state index in [1.165, 1.54) is 18.7 Å². The Bertz CT molecular complexity index is 746. The smallest absolute Gasteiger partial charge is 0.326 e. The van der Waals surface area contributed by atoms with Crippen molar-refractivity contribution in [3.05, 3.63) is 35.9 Å². The Morgan fingerprint density at radius 2 is 1.52 bits per heavy atom. The number of aliphatic carboxylic acids is 1. The van der Waals surface area contributed by atoms with Gasteiger partial charge in [0.2, 0.25) is 17.7 Å². The molecule has 172 valence electrons. The van der Waals surface area contributed by atoms with Crippen molar-refractivity contribution in [2.75, 3.05) is 18.6 Å². The molecule has 10 nitrogen and oxygen atoms in total. The molecule has 4 unspecified atom stereocenters. The highest BCUT2D eigenvalue weighted by atomic mass is 32.2. The molecule has 1 aromatic rings. The van der Waals surface area contributed by atoms with Crippen molar-refractivity contribution in [1.29, 1.82) is 0 Å². The monoisotopic (exact) mass is 454 g/mol. The fourth-order valence-corrected chi connectivity index (χ4v) is 3.07. The molecule has 4 atom stereocenters. The summed E-state index contributed by atoms with van der Waals surface area (Å²) in [6, 6.07) is 4.44. The van der Waals surface area contributed by atoms with E-state index in [2.05, 4.69) is 16.0 Å². The average Bonchev–Trinajstić information content (AvgIpc) is 2.74. The number of thioether (sulfide) groups is 1. The van der Waals surface area contributed by atoms with Crippen LogP contribution in [0.4, 0.5) is 0 Å². The van der Waals surface area contributed by atoms with E-state index >= 15 is 0 Å². The summed E-state index contributed by atoms with van der Waals surface area (Å²) in [4.78, 5) is 48.6. The van der Waals surface area contributed by atoms with Crippen molar-refractivity contribution in [3.63, 3.8) is 0 Å². The van der Waals surface area contributed by atoms with Gasteiger partial charge in [-0.25, -0.2) is 4.79 Å². The number of nitrogens with two attached hydrogens (primary N) is 1. The molecule has 0 saturated carbocycles. The number of hydrogen-bond donors (Lipinski definition) is 6. The van der Waals surface area contributed by atoms with Gasteiger partial charge < -0.3 is 31.9 Å². The predicted octanol–water partition coefficient (Wildman–Crippen LogP) is -1.14. The molecule has 3 amide bonds. The summed E-state index contributed by atoms with van der Waals surface area (Å²) in [5.74, 6) is -2.75. The second-order valence-corrected chi connectivity index (χ2v) is 7.95. The molecule has 31 heavy (non-hydrogen) atoms. The van der Waals surface area contributed by atoms with Crippen LogP contribution < -0.4 is 21.7 Å². The first-order valence-electron chi connectivity index (χ1n) is 9.72. The molecule has 11 heteroatoms. The topological polar surface area (TPSA) is 171 Å². The van der Waals surface area contributed by atoms with Crippen LogP contribution in [0.3, 0.4) is 0 Å². The maximum Gasteiger partial charge on any atom is 0.326 e. The van der Waals surface area contributed by atoms with Gasteiger partial charge in [0.05, 0.1) is 12.6 Å². The van der Waals surface area contributed by atoms with Crippen LogP contribution in [-0.4, -0.2) is 76.7 Å². The van der Waals surface area contributed by atoms with Gasteiger partial charge in [-0.2, -0.15) is 11.8 Å². The van der Waals surface area contributed by atoms with Gasteiger partial charge in [-0.1, -0.05) is 30.3 Å². The van der Waals surface area contributed by atoms with Crippen LogP contribution in [-0.2, 0) is 25.6 Å². The highest BCUT2D eigenvalue weighted by molar-refractivity contribution is 7.98. The Labute approximate surface area is 185 Å². The van der Waals surface area contributed by atoms with E-state index < -0.39 is 54.5 Å². The number of nitrogens with one attached hydrogen (secondary N) is 3. The van der Waals surface area contributed by atoms with E-state index in [4.69, 9.17) is 5.73 Å². The first-order chi connectivity index (χ1) is 14.7. The quantitative estimate of drug-likeness (QED) is 0.217. The molecule has 0 bridgehead atoms. The number of rotatable bonds is 13. The average molecular weight is 455 g/mol. The van der Waals surface area contributed by atoms with E-state index in [-0.39, 0.29) is 12.8 Å². The molecule has 0 aliphatic carbocycles. The molecule has 0 saturated heterocycles. The van der Waals surface area contributed by atoms with E-state index in [9.17, 15) is 29.4 Å². The summed E-state index contributed by atoms with van der Waals surface area (Å²) in [5.41, 5.74) is 6.19. The zero-order valence-electron chi connectivity index (χ0n) is 17.5. The zero-order valence-corrected chi connectivity index (χ0v) is 18.4. The van der Waals surface area contributed by atoms with Crippen molar-refractivity contribution in [2.24, 2.45) is 5.73 Å². The highest BCUT2D eigenvalue weighted by Gasteiger charge is 2.29. The highest BCUT2D eigenvalue weighted by Crippen LogP contribution is 2.06. The van der Waals surface area contributed by atoms with Crippen molar-refractivity contribution >= 4 is 35.5 Å². The lowest BCUT2D eigenvalue weighted by atomic mass is 10.1. The number of aliphatic hydroxyl groups excluding tert-OH is 1. The van der Waals surface area contributed by atoms with E-state index in [0.29, 0.717) is 5.75 Å². The normalized spacial score (nSPS) is 14.6. The second kappa shape index (κ2) is 13.6. The summed E-state index contributed by atoms with van der Waals surface area (Å²) in [6.45, 7) is 0.738. The third-order valence-electron chi connectivity index (χ3n) is 4.37. The Morgan fingerprint density at radius 3 is 2.03 bits per heavy atom.